The summed E-state index contributed by atoms with van der Waals surface area (Å²) in [6.45, 7) is 6.31. The van der Waals surface area contributed by atoms with Crippen LogP contribution in [0.3, 0.4) is 0 Å². The van der Waals surface area contributed by atoms with Crippen molar-refractivity contribution < 1.29 is 37.1 Å². The number of thioether (sulfide) groups is 1. The van der Waals surface area contributed by atoms with Gasteiger partial charge in [-0.3, -0.25) is 14.4 Å². The highest BCUT2D eigenvalue weighted by Gasteiger charge is 2.42. The lowest BCUT2D eigenvalue weighted by molar-refractivity contribution is -0.123. The zero-order valence-corrected chi connectivity index (χ0v) is 30.6. The quantitative estimate of drug-likeness (QED) is 0.0548. The summed E-state index contributed by atoms with van der Waals surface area (Å²) in [5.74, 6) is 0.684. The Morgan fingerprint density at radius 1 is 0.915 bits per heavy atom. The van der Waals surface area contributed by atoms with Gasteiger partial charge < -0.3 is 36.6 Å². The van der Waals surface area contributed by atoms with Crippen LogP contribution >= 0.6 is 22.6 Å². The van der Waals surface area contributed by atoms with Crippen LogP contribution in [0.25, 0.3) is 0 Å². The molecule has 0 spiro atoms. The molecule has 6 N–H and O–H groups in total. The van der Waals surface area contributed by atoms with Gasteiger partial charge in [-0.1, -0.05) is 12.8 Å². The predicted octanol–water partition coefficient (Wildman–Crippen LogP) is 2.38. The lowest BCUT2D eigenvalue weighted by atomic mass is 10.0. The molecule has 0 aromatic rings. The predicted molar refractivity (Wildman–Crippen MR) is 186 cm³/mol. The maximum Gasteiger partial charge on any atom is 0.408 e. The van der Waals surface area contributed by atoms with Crippen molar-refractivity contribution in [2.24, 2.45) is 0 Å². The molecule has 2 aliphatic heterocycles. The Kier molecular flexibility index (Phi) is 18.1. The molecule has 14 nitrogen and oxygen atoms in total. The Morgan fingerprint density at radius 2 is 1.55 bits per heavy atom. The lowest BCUT2D eigenvalue weighted by Crippen LogP contribution is -2.48. The highest BCUT2D eigenvalue weighted by molar-refractivity contribution is 8.71. The third-order valence-corrected chi connectivity index (χ3v) is 11.5. The summed E-state index contributed by atoms with van der Waals surface area (Å²) in [7, 11) is -2.48. The third kappa shape index (κ3) is 18.7. The molecule has 0 aliphatic carbocycles. The minimum Gasteiger partial charge on any atom is -0.444 e. The maximum absolute atomic E-state index is 12.7. The SMILES string of the molecule is CC(C)(C)OC(=O)N[C@@H](CCCCNC(=O)CCCCCNC(=O)CCCC[C@@H]1SC[C@@H]2NC(=O)N[C@@H]21)C(=O)NCCSS(C)(=O)=O. The van der Waals surface area contributed by atoms with E-state index < -0.39 is 32.5 Å². The van der Waals surface area contributed by atoms with E-state index in [1.165, 1.54) is 0 Å². The van der Waals surface area contributed by atoms with Gasteiger partial charge in [0, 0.05) is 55.5 Å². The summed E-state index contributed by atoms with van der Waals surface area (Å²) in [5, 5.41) is 17.4. The average Bonchev–Trinajstić information content (AvgIpc) is 3.51. The van der Waals surface area contributed by atoms with Gasteiger partial charge in [0.1, 0.15) is 11.6 Å². The van der Waals surface area contributed by atoms with Gasteiger partial charge in [-0.25, -0.2) is 18.0 Å². The molecule has 47 heavy (non-hydrogen) atoms. The fourth-order valence-electron chi connectivity index (χ4n) is 5.18. The van der Waals surface area contributed by atoms with Crippen LogP contribution in [-0.4, -0.2) is 105 Å². The summed E-state index contributed by atoms with van der Waals surface area (Å²) in [4.78, 5) is 60.8. The fourth-order valence-corrected chi connectivity index (χ4v) is 8.37. The number of carbonyl (C=O) groups is 5. The van der Waals surface area contributed by atoms with Crippen molar-refractivity contribution in [1.82, 2.24) is 31.9 Å². The van der Waals surface area contributed by atoms with Crippen LogP contribution < -0.4 is 31.9 Å². The molecule has 0 saturated carbocycles. The standard InChI is InChI=1S/C30H54N6O8S3/c1-30(2,3)44-29(41)35-21(27(39)33-18-19-46-47(4,42)43)12-9-11-17-32-24(37)14-6-5-10-16-31-25(38)15-8-7-13-23-26-22(20-45-23)34-28(40)36-26/h21-23,26H,5-20H2,1-4H3,(H,31,38)(H,32,37)(H,33,39)(H,35,41)(H2,34,36,40)/t21-,22-,23-,26-/m0/s1. The smallest absolute Gasteiger partial charge is 0.408 e. The van der Waals surface area contributed by atoms with Crippen molar-refractivity contribution in [3.8, 4) is 0 Å². The molecule has 6 amide bonds. The zero-order chi connectivity index (χ0) is 34.9. The molecular weight excluding hydrogens is 669 g/mol. The van der Waals surface area contributed by atoms with E-state index in [2.05, 4.69) is 31.9 Å². The number of carbonyl (C=O) groups excluding carboxylic acids is 5. The van der Waals surface area contributed by atoms with Crippen molar-refractivity contribution in [1.29, 1.82) is 0 Å². The second kappa shape index (κ2) is 20.9. The van der Waals surface area contributed by atoms with E-state index in [-0.39, 0.29) is 42.2 Å². The summed E-state index contributed by atoms with van der Waals surface area (Å²) in [5.41, 5.74) is -0.731. The Labute approximate surface area is 287 Å². The number of unbranched alkanes of at least 4 members (excludes halogenated alkanes) is 4. The van der Waals surface area contributed by atoms with Gasteiger partial charge in [-0.2, -0.15) is 11.8 Å². The zero-order valence-electron chi connectivity index (χ0n) is 28.1. The van der Waals surface area contributed by atoms with Crippen LogP contribution in [0.1, 0.15) is 91.4 Å². The number of hydrogen-bond donors (Lipinski definition) is 6. The molecule has 2 aliphatic rings. The molecule has 0 aromatic heterocycles. The number of ether oxygens (including phenoxy) is 1. The molecule has 0 radical (unpaired) electrons. The first-order valence-corrected chi connectivity index (χ1v) is 20.9. The van der Waals surface area contributed by atoms with Crippen molar-refractivity contribution >= 4 is 61.3 Å². The number of hydrogen-bond acceptors (Lipinski definition) is 10. The van der Waals surface area contributed by atoms with Crippen molar-refractivity contribution in [3.63, 3.8) is 0 Å². The Balaban J connectivity index is 1.51. The Bertz CT molecular complexity index is 1150. The van der Waals surface area contributed by atoms with E-state index in [1.54, 1.807) is 20.8 Å². The Morgan fingerprint density at radius 3 is 2.19 bits per heavy atom. The van der Waals surface area contributed by atoms with E-state index in [1.807, 2.05) is 11.8 Å². The molecule has 0 bridgehead atoms. The van der Waals surface area contributed by atoms with Crippen LogP contribution in [0.15, 0.2) is 0 Å². The first-order chi connectivity index (χ1) is 22.1. The van der Waals surface area contributed by atoms with E-state index >= 15 is 0 Å². The lowest BCUT2D eigenvalue weighted by Gasteiger charge is -2.23. The molecule has 4 atom stereocenters. The molecule has 2 rings (SSSR count). The highest BCUT2D eigenvalue weighted by Crippen LogP contribution is 2.33. The number of rotatable bonds is 22. The summed E-state index contributed by atoms with van der Waals surface area (Å²) in [6.07, 6.45) is 7.85. The fraction of sp³-hybridized carbons (Fsp3) is 0.833. The third-order valence-electron chi connectivity index (χ3n) is 7.43. The molecule has 2 heterocycles. The van der Waals surface area contributed by atoms with Crippen LogP contribution in [-0.2, 0) is 28.0 Å². The second-order valence-electron chi connectivity index (χ2n) is 12.9. The average molecular weight is 723 g/mol. The molecular formula is C30H54N6O8S3. The molecule has 2 saturated heterocycles. The number of alkyl carbamates (subject to hydrolysis) is 1. The van der Waals surface area contributed by atoms with Gasteiger partial charge in [0.2, 0.25) is 17.7 Å². The van der Waals surface area contributed by atoms with Gasteiger partial charge in [0.25, 0.3) is 0 Å². The first-order valence-electron chi connectivity index (χ1n) is 16.5. The van der Waals surface area contributed by atoms with E-state index in [0.29, 0.717) is 56.9 Å². The molecule has 17 heteroatoms. The van der Waals surface area contributed by atoms with Crippen LogP contribution in [0.2, 0.25) is 0 Å². The molecule has 0 unspecified atom stereocenters. The van der Waals surface area contributed by atoms with Crippen LogP contribution in [0.5, 0.6) is 0 Å². The number of nitrogens with one attached hydrogen (secondary N) is 6. The van der Waals surface area contributed by atoms with Crippen LogP contribution in [0.4, 0.5) is 9.59 Å². The minimum atomic E-state index is -3.22. The highest BCUT2D eigenvalue weighted by atomic mass is 33.1. The van der Waals surface area contributed by atoms with Gasteiger partial charge >= 0.3 is 12.1 Å². The largest absolute Gasteiger partial charge is 0.444 e. The molecule has 2 fully saturated rings. The normalized spacial score (nSPS) is 19.6. The van der Waals surface area contributed by atoms with Crippen molar-refractivity contribution in [3.05, 3.63) is 0 Å². The van der Waals surface area contributed by atoms with E-state index in [9.17, 15) is 32.4 Å². The summed E-state index contributed by atoms with van der Waals surface area (Å²) >= 11 is 1.88. The summed E-state index contributed by atoms with van der Waals surface area (Å²) in [6, 6.07) is -0.515. The van der Waals surface area contributed by atoms with E-state index in [0.717, 1.165) is 54.9 Å². The van der Waals surface area contributed by atoms with Crippen molar-refractivity contribution in [2.45, 2.75) is 120 Å². The molecule has 0 aromatic carbocycles. The number of amides is 6. The maximum atomic E-state index is 12.7. The van der Waals surface area contributed by atoms with Crippen LogP contribution in [0, 0.1) is 0 Å². The van der Waals surface area contributed by atoms with E-state index in [4.69, 9.17) is 4.74 Å². The topological polar surface area (TPSA) is 201 Å². The molecule has 270 valence electrons. The van der Waals surface area contributed by atoms with Gasteiger partial charge in [-0.05, 0) is 76.5 Å². The van der Waals surface area contributed by atoms with Gasteiger partial charge in [-0.15, -0.1) is 0 Å². The van der Waals surface area contributed by atoms with Gasteiger partial charge in [0.05, 0.1) is 12.1 Å². The van der Waals surface area contributed by atoms with Gasteiger partial charge in [0.15, 0.2) is 8.87 Å². The number of fused-ring (bicyclic) bond motifs is 1. The Hall–Kier alpha value is -2.40. The second-order valence-corrected chi connectivity index (χ2v) is 18.7. The minimum absolute atomic E-state index is 0.0440. The monoisotopic (exact) mass is 722 g/mol. The van der Waals surface area contributed by atoms with Crippen molar-refractivity contribution in [2.75, 3.05) is 37.4 Å². The first kappa shape index (κ1) is 40.8. The number of urea groups is 1. The summed E-state index contributed by atoms with van der Waals surface area (Å²) < 4.78 is 27.8.